The highest BCUT2D eigenvalue weighted by Crippen LogP contribution is 2.27. The molecule has 3 rings (SSSR count). The lowest BCUT2D eigenvalue weighted by Crippen LogP contribution is -2.27. The second kappa shape index (κ2) is 6.23. The van der Waals surface area contributed by atoms with Gasteiger partial charge in [-0.15, -0.1) is 0 Å². The van der Waals surface area contributed by atoms with Crippen LogP contribution in [0.5, 0.6) is 0 Å². The fraction of sp³-hybridized carbons (Fsp3) is 0.263. The third kappa shape index (κ3) is 3.08. The van der Waals surface area contributed by atoms with Crippen molar-refractivity contribution in [3.05, 3.63) is 69.5 Å². The molecule has 0 unspecified atom stereocenters. The van der Waals surface area contributed by atoms with Gasteiger partial charge in [-0.2, -0.15) is 0 Å². The van der Waals surface area contributed by atoms with Gasteiger partial charge in [0.2, 0.25) is 0 Å². The van der Waals surface area contributed by atoms with Gasteiger partial charge in [-0.05, 0) is 53.7 Å². The second-order valence-corrected chi connectivity index (χ2v) is 6.36. The molecule has 0 radical (unpaired) electrons. The minimum atomic E-state index is -0.321. The predicted molar refractivity (Wildman–Crippen MR) is 89.4 cm³/mol. The molecule has 0 aromatic heterocycles. The first-order chi connectivity index (χ1) is 10.5. The number of aliphatic hydroxyl groups excluding tert-OH is 1. The molecule has 2 aromatic rings. The third-order valence-electron chi connectivity index (χ3n) is 4.30. The van der Waals surface area contributed by atoms with Crippen LogP contribution in [-0.2, 0) is 12.8 Å². The van der Waals surface area contributed by atoms with Crippen molar-refractivity contribution in [1.29, 1.82) is 0 Å². The molecule has 0 heterocycles. The van der Waals surface area contributed by atoms with Gasteiger partial charge in [-0.25, -0.2) is 4.39 Å². The van der Waals surface area contributed by atoms with Crippen LogP contribution in [-0.4, -0.2) is 11.2 Å². The molecular formula is C19H18ClFO. The highest BCUT2D eigenvalue weighted by atomic mass is 35.5. The lowest BCUT2D eigenvalue weighted by molar-refractivity contribution is 0.109. The molecule has 1 aliphatic carbocycles. The molecule has 0 spiro atoms. The summed E-state index contributed by atoms with van der Waals surface area (Å²) in [6, 6.07) is 10.8. The molecule has 0 bridgehead atoms. The number of halogens is 2. The normalized spacial score (nSPS) is 21.1. The van der Waals surface area contributed by atoms with E-state index in [-0.39, 0.29) is 17.8 Å². The van der Waals surface area contributed by atoms with Crippen molar-refractivity contribution < 1.29 is 9.50 Å². The number of hydrogen-bond acceptors (Lipinski definition) is 1. The Labute approximate surface area is 135 Å². The van der Waals surface area contributed by atoms with Crippen molar-refractivity contribution >= 4 is 23.8 Å². The van der Waals surface area contributed by atoms with E-state index in [0.29, 0.717) is 17.0 Å². The largest absolute Gasteiger partial charge is 0.392 e. The summed E-state index contributed by atoms with van der Waals surface area (Å²) in [7, 11) is 0. The average molecular weight is 317 g/mol. The highest BCUT2D eigenvalue weighted by Gasteiger charge is 2.23. The molecule has 3 heteroatoms. The SMILES string of the molecule is C[C@H]1Cc2cc(/C=C/c3c(F)cccc3Cl)ccc2C[C@@H]1O. The average Bonchev–Trinajstić information content (AvgIpc) is 2.48. The molecule has 114 valence electrons. The number of rotatable bonds is 2. The van der Waals surface area contributed by atoms with Gasteiger partial charge in [0.15, 0.2) is 0 Å². The summed E-state index contributed by atoms with van der Waals surface area (Å²) in [4.78, 5) is 0. The molecule has 0 saturated carbocycles. The van der Waals surface area contributed by atoms with Crippen LogP contribution in [0.3, 0.4) is 0 Å². The van der Waals surface area contributed by atoms with E-state index >= 15 is 0 Å². The van der Waals surface area contributed by atoms with Crippen LogP contribution in [0.2, 0.25) is 5.02 Å². The predicted octanol–water partition coefficient (Wildman–Crippen LogP) is 4.75. The van der Waals surface area contributed by atoms with Crippen molar-refractivity contribution in [3.63, 3.8) is 0 Å². The Morgan fingerprint density at radius 3 is 2.73 bits per heavy atom. The van der Waals surface area contributed by atoms with E-state index in [2.05, 4.69) is 13.0 Å². The first-order valence-electron chi connectivity index (χ1n) is 7.46. The van der Waals surface area contributed by atoms with Gasteiger partial charge in [0.25, 0.3) is 0 Å². The van der Waals surface area contributed by atoms with E-state index in [4.69, 9.17) is 11.6 Å². The molecule has 1 aliphatic rings. The maximum atomic E-state index is 13.8. The lowest BCUT2D eigenvalue weighted by atomic mass is 9.82. The molecule has 0 saturated heterocycles. The van der Waals surface area contributed by atoms with Crippen molar-refractivity contribution in [1.82, 2.24) is 0 Å². The highest BCUT2D eigenvalue weighted by molar-refractivity contribution is 6.32. The number of fused-ring (bicyclic) bond motifs is 1. The first kappa shape index (κ1) is 15.3. The quantitative estimate of drug-likeness (QED) is 0.793. The Morgan fingerprint density at radius 2 is 1.95 bits per heavy atom. The third-order valence-corrected chi connectivity index (χ3v) is 4.63. The molecule has 1 N–H and O–H groups in total. The maximum Gasteiger partial charge on any atom is 0.131 e. The van der Waals surface area contributed by atoms with Crippen molar-refractivity contribution in [2.45, 2.75) is 25.9 Å². The standard InChI is InChI=1S/C19H18ClFO/c1-12-9-15-10-13(5-7-14(15)11-19(12)22)6-8-16-17(20)3-2-4-18(16)21/h2-8,10,12,19,22H,9,11H2,1H3/b8-6+/t12-,19-/m0/s1. The summed E-state index contributed by atoms with van der Waals surface area (Å²) in [5.41, 5.74) is 3.89. The number of aliphatic hydroxyl groups is 1. The summed E-state index contributed by atoms with van der Waals surface area (Å²) < 4.78 is 13.8. The van der Waals surface area contributed by atoms with E-state index in [1.807, 2.05) is 18.2 Å². The fourth-order valence-corrected chi connectivity index (χ4v) is 3.12. The summed E-state index contributed by atoms with van der Waals surface area (Å²) in [5, 5.41) is 10.3. The summed E-state index contributed by atoms with van der Waals surface area (Å²) in [5.74, 6) is -0.0498. The Hall–Kier alpha value is -1.64. The van der Waals surface area contributed by atoms with Crippen molar-refractivity contribution in [2.75, 3.05) is 0 Å². The van der Waals surface area contributed by atoms with Crippen LogP contribution >= 0.6 is 11.6 Å². The Morgan fingerprint density at radius 1 is 1.14 bits per heavy atom. The molecule has 2 aromatic carbocycles. The van der Waals surface area contributed by atoms with Gasteiger partial charge in [0.1, 0.15) is 5.82 Å². The van der Waals surface area contributed by atoms with E-state index in [1.54, 1.807) is 18.2 Å². The van der Waals surface area contributed by atoms with E-state index in [0.717, 1.165) is 12.0 Å². The zero-order valence-electron chi connectivity index (χ0n) is 12.4. The Bertz CT molecular complexity index is 703. The topological polar surface area (TPSA) is 20.2 Å². The van der Waals surface area contributed by atoms with Crippen LogP contribution in [0.1, 0.15) is 29.2 Å². The first-order valence-corrected chi connectivity index (χ1v) is 7.84. The lowest BCUT2D eigenvalue weighted by Gasteiger charge is -2.27. The monoisotopic (exact) mass is 316 g/mol. The van der Waals surface area contributed by atoms with Gasteiger partial charge in [-0.1, -0.05) is 48.9 Å². The summed E-state index contributed by atoms with van der Waals surface area (Å²) in [6.45, 7) is 2.06. The van der Waals surface area contributed by atoms with Crippen LogP contribution < -0.4 is 0 Å². The van der Waals surface area contributed by atoms with Crippen LogP contribution in [0.15, 0.2) is 36.4 Å². The van der Waals surface area contributed by atoms with Gasteiger partial charge >= 0.3 is 0 Å². The maximum absolute atomic E-state index is 13.8. The van der Waals surface area contributed by atoms with E-state index < -0.39 is 0 Å². The van der Waals surface area contributed by atoms with E-state index in [1.165, 1.54) is 17.2 Å². The number of benzene rings is 2. The zero-order chi connectivity index (χ0) is 15.7. The molecule has 0 amide bonds. The van der Waals surface area contributed by atoms with Crippen LogP contribution in [0, 0.1) is 11.7 Å². The second-order valence-electron chi connectivity index (χ2n) is 5.95. The molecule has 1 nitrogen and oxygen atoms in total. The minimum absolute atomic E-state index is 0.258. The van der Waals surface area contributed by atoms with Gasteiger partial charge in [0.05, 0.1) is 11.1 Å². The zero-order valence-corrected chi connectivity index (χ0v) is 13.1. The molecular weight excluding hydrogens is 299 g/mol. The summed E-state index contributed by atoms with van der Waals surface area (Å²) in [6.07, 6.45) is 4.91. The Kier molecular flexibility index (Phi) is 4.32. The Balaban J connectivity index is 1.88. The molecule has 22 heavy (non-hydrogen) atoms. The molecule has 0 aliphatic heterocycles. The minimum Gasteiger partial charge on any atom is -0.392 e. The molecule has 0 fully saturated rings. The van der Waals surface area contributed by atoms with Gasteiger partial charge in [0, 0.05) is 5.56 Å². The van der Waals surface area contributed by atoms with Crippen LogP contribution in [0.4, 0.5) is 4.39 Å². The molecule has 2 atom stereocenters. The number of hydrogen-bond donors (Lipinski definition) is 1. The summed E-state index contributed by atoms with van der Waals surface area (Å²) >= 11 is 6.03. The van der Waals surface area contributed by atoms with Gasteiger partial charge < -0.3 is 5.11 Å². The van der Waals surface area contributed by atoms with Gasteiger partial charge in [-0.3, -0.25) is 0 Å². The smallest absolute Gasteiger partial charge is 0.131 e. The van der Waals surface area contributed by atoms with E-state index in [9.17, 15) is 9.50 Å². The van der Waals surface area contributed by atoms with Crippen molar-refractivity contribution in [2.24, 2.45) is 5.92 Å². The van der Waals surface area contributed by atoms with Crippen molar-refractivity contribution in [3.8, 4) is 0 Å². The van der Waals surface area contributed by atoms with Crippen LogP contribution in [0.25, 0.3) is 12.2 Å². The fourth-order valence-electron chi connectivity index (χ4n) is 2.90.